The molecule has 0 aliphatic carbocycles. The SMILES string of the molecule is O=S(=O)(c1ccccc1)n1c2ccccc2c2c(-c3ccccc3)occ21. The molecule has 0 saturated heterocycles. The van der Waals surface area contributed by atoms with Crippen LogP contribution < -0.4 is 0 Å². The van der Waals surface area contributed by atoms with Crippen molar-refractivity contribution in [3.8, 4) is 11.3 Å². The molecule has 3 aromatic carbocycles. The predicted molar refractivity (Wildman–Crippen MR) is 106 cm³/mol. The van der Waals surface area contributed by atoms with Gasteiger partial charge in [-0.05, 0) is 18.2 Å². The zero-order chi connectivity index (χ0) is 18.4. The Kier molecular flexibility index (Phi) is 3.45. The second-order valence-electron chi connectivity index (χ2n) is 6.29. The molecule has 0 aliphatic rings. The van der Waals surface area contributed by atoms with E-state index in [1.54, 1.807) is 30.3 Å². The molecule has 0 N–H and O–H groups in total. The maximum Gasteiger partial charge on any atom is 0.268 e. The zero-order valence-electron chi connectivity index (χ0n) is 14.2. The highest BCUT2D eigenvalue weighted by Crippen LogP contribution is 2.39. The van der Waals surface area contributed by atoms with Crippen LogP contribution in [0, 0.1) is 0 Å². The first-order valence-electron chi connectivity index (χ1n) is 8.54. The Bertz CT molecular complexity index is 1360. The molecule has 27 heavy (non-hydrogen) atoms. The van der Waals surface area contributed by atoms with Gasteiger partial charge in [-0.25, -0.2) is 12.4 Å². The fraction of sp³-hybridized carbons (Fsp3) is 0. The van der Waals surface area contributed by atoms with Crippen LogP contribution in [0.4, 0.5) is 0 Å². The van der Waals surface area contributed by atoms with Crippen molar-refractivity contribution >= 4 is 31.8 Å². The van der Waals surface area contributed by atoms with Gasteiger partial charge >= 0.3 is 0 Å². The third-order valence-corrected chi connectivity index (χ3v) is 6.44. The number of fused-ring (bicyclic) bond motifs is 3. The van der Waals surface area contributed by atoms with Crippen LogP contribution in [0.3, 0.4) is 0 Å². The number of furan rings is 1. The van der Waals surface area contributed by atoms with Crippen LogP contribution in [-0.4, -0.2) is 12.4 Å². The number of hydrogen-bond acceptors (Lipinski definition) is 3. The summed E-state index contributed by atoms with van der Waals surface area (Å²) in [5, 5.41) is 1.65. The van der Waals surface area contributed by atoms with Gasteiger partial charge in [0.2, 0.25) is 0 Å². The molecule has 0 fully saturated rings. The summed E-state index contributed by atoms with van der Waals surface area (Å²) in [5.74, 6) is 0.670. The van der Waals surface area contributed by atoms with E-state index in [2.05, 4.69) is 0 Å². The van der Waals surface area contributed by atoms with Crippen molar-refractivity contribution in [3.63, 3.8) is 0 Å². The molecule has 132 valence electrons. The lowest BCUT2D eigenvalue weighted by atomic mass is 10.1. The number of para-hydroxylation sites is 1. The van der Waals surface area contributed by atoms with Crippen molar-refractivity contribution in [2.45, 2.75) is 4.90 Å². The predicted octanol–water partition coefficient (Wildman–Crippen LogP) is 5.29. The highest BCUT2D eigenvalue weighted by atomic mass is 32.2. The van der Waals surface area contributed by atoms with Crippen molar-refractivity contribution in [2.75, 3.05) is 0 Å². The maximum atomic E-state index is 13.4. The molecule has 5 aromatic rings. The lowest BCUT2D eigenvalue weighted by Crippen LogP contribution is -2.12. The van der Waals surface area contributed by atoms with Gasteiger partial charge in [0.05, 0.1) is 15.8 Å². The lowest BCUT2D eigenvalue weighted by molar-refractivity contribution is 0.581. The van der Waals surface area contributed by atoms with E-state index < -0.39 is 10.0 Å². The van der Waals surface area contributed by atoms with Crippen LogP contribution in [-0.2, 0) is 10.0 Å². The highest BCUT2D eigenvalue weighted by molar-refractivity contribution is 7.90. The molecular formula is C22H15NO3S. The fourth-order valence-electron chi connectivity index (χ4n) is 3.51. The van der Waals surface area contributed by atoms with Crippen LogP contribution in [0.25, 0.3) is 33.1 Å². The minimum absolute atomic E-state index is 0.245. The van der Waals surface area contributed by atoms with Gasteiger partial charge in [0.15, 0.2) is 0 Å². The Labute approximate surface area is 156 Å². The van der Waals surface area contributed by atoms with E-state index in [4.69, 9.17) is 4.42 Å². The van der Waals surface area contributed by atoms with Crippen LogP contribution in [0.2, 0.25) is 0 Å². The van der Waals surface area contributed by atoms with E-state index in [1.165, 1.54) is 10.2 Å². The second-order valence-corrected chi connectivity index (χ2v) is 8.08. The number of nitrogens with zero attached hydrogens (tertiary/aromatic N) is 1. The van der Waals surface area contributed by atoms with Crippen LogP contribution in [0.5, 0.6) is 0 Å². The minimum Gasteiger partial charge on any atom is -0.461 e. The van der Waals surface area contributed by atoms with E-state index >= 15 is 0 Å². The van der Waals surface area contributed by atoms with Gasteiger partial charge in [-0.2, -0.15) is 0 Å². The van der Waals surface area contributed by atoms with Crippen LogP contribution >= 0.6 is 0 Å². The topological polar surface area (TPSA) is 52.2 Å². The van der Waals surface area contributed by atoms with Gasteiger partial charge in [-0.3, -0.25) is 0 Å². The lowest BCUT2D eigenvalue weighted by Gasteiger charge is -2.08. The quantitative estimate of drug-likeness (QED) is 0.432. The standard InChI is InChI=1S/C22H15NO3S/c24-27(25,17-11-5-2-6-12-17)23-19-14-8-7-13-18(19)21-20(23)15-26-22(21)16-9-3-1-4-10-16/h1-15H. The Balaban J connectivity index is 1.90. The number of aromatic nitrogens is 1. The molecule has 0 aliphatic heterocycles. The third-order valence-electron chi connectivity index (χ3n) is 4.70. The molecule has 4 nitrogen and oxygen atoms in total. The minimum atomic E-state index is -3.76. The van der Waals surface area contributed by atoms with E-state index in [9.17, 15) is 8.42 Å². The Morgan fingerprint density at radius 3 is 2.07 bits per heavy atom. The van der Waals surface area contributed by atoms with Gasteiger partial charge in [-0.15, -0.1) is 0 Å². The molecule has 5 heteroatoms. The van der Waals surface area contributed by atoms with E-state index in [0.717, 1.165) is 16.3 Å². The average molecular weight is 373 g/mol. The van der Waals surface area contributed by atoms with Crippen molar-refractivity contribution in [2.24, 2.45) is 0 Å². The summed E-state index contributed by atoms with van der Waals surface area (Å²) in [6.45, 7) is 0. The Morgan fingerprint density at radius 2 is 1.33 bits per heavy atom. The smallest absolute Gasteiger partial charge is 0.268 e. The maximum absolute atomic E-state index is 13.4. The fourth-order valence-corrected chi connectivity index (χ4v) is 5.03. The molecule has 0 amide bonds. The summed E-state index contributed by atoms with van der Waals surface area (Å²) >= 11 is 0. The molecule has 0 bridgehead atoms. The summed E-state index contributed by atoms with van der Waals surface area (Å²) in [7, 11) is -3.76. The normalized spacial score (nSPS) is 12.0. The summed E-state index contributed by atoms with van der Waals surface area (Å²) in [6.07, 6.45) is 1.53. The molecular weight excluding hydrogens is 358 g/mol. The number of rotatable bonds is 3. The van der Waals surface area contributed by atoms with Gasteiger partial charge in [0.1, 0.15) is 17.5 Å². The average Bonchev–Trinajstić information content (AvgIpc) is 3.27. The first-order valence-corrected chi connectivity index (χ1v) is 9.98. The van der Waals surface area contributed by atoms with Crippen molar-refractivity contribution in [1.29, 1.82) is 0 Å². The van der Waals surface area contributed by atoms with Crippen LogP contribution in [0.15, 0.2) is 101 Å². The van der Waals surface area contributed by atoms with E-state index in [0.29, 0.717) is 16.8 Å². The summed E-state index contributed by atoms with van der Waals surface area (Å²) < 4.78 is 34.0. The number of hydrogen-bond donors (Lipinski definition) is 0. The molecule has 0 unspecified atom stereocenters. The monoisotopic (exact) mass is 373 g/mol. The van der Waals surface area contributed by atoms with Crippen molar-refractivity contribution < 1.29 is 12.8 Å². The summed E-state index contributed by atoms with van der Waals surface area (Å²) in [6, 6.07) is 25.7. The van der Waals surface area contributed by atoms with Gasteiger partial charge in [-0.1, -0.05) is 66.7 Å². The van der Waals surface area contributed by atoms with E-state index in [-0.39, 0.29) is 4.90 Å². The van der Waals surface area contributed by atoms with Crippen molar-refractivity contribution in [3.05, 3.63) is 91.2 Å². The second kappa shape index (κ2) is 5.86. The first kappa shape index (κ1) is 15.9. The molecule has 0 atom stereocenters. The molecule has 2 heterocycles. The molecule has 5 rings (SSSR count). The Morgan fingerprint density at radius 1 is 0.704 bits per heavy atom. The molecule has 0 radical (unpaired) electrons. The molecule has 0 spiro atoms. The van der Waals surface area contributed by atoms with Crippen molar-refractivity contribution in [1.82, 2.24) is 3.97 Å². The summed E-state index contributed by atoms with van der Waals surface area (Å²) in [5.41, 5.74) is 2.09. The zero-order valence-corrected chi connectivity index (χ0v) is 15.1. The van der Waals surface area contributed by atoms with E-state index in [1.807, 2.05) is 54.6 Å². The van der Waals surface area contributed by atoms with Gasteiger partial charge in [0, 0.05) is 10.9 Å². The molecule has 2 aromatic heterocycles. The summed E-state index contributed by atoms with van der Waals surface area (Å²) in [4.78, 5) is 0.245. The largest absolute Gasteiger partial charge is 0.461 e. The highest BCUT2D eigenvalue weighted by Gasteiger charge is 2.26. The third kappa shape index (κ3) is 2.32. The van der Waals surface area contributed by atoms with Gasteiger partial charge < -0.3 is 4.42 Å². The molecule has 0 saturated carbocycles. The van der Waals surface area contributed by atoms with Crippen LogP contribution in [0.1, 0.15) is 0 Å². The number of benzene rings is 3. The first-order chi connectivity index (χ1) is 13.2. The Hall–Kier alpha value is -3.31. The van der Waals surface area contributed by atoms with Gasteiger partial charge in [0.25, 0.3) is 10.0 Å².